The number of anilines is 3. The zero-order chi connectivity index (χ0) is 17.8. The quantitative estimate of drug-likeness (QED) is 0.799. The van der Waals surface area contributed by atoms with Crippen LogP contribution >= 0.6 is 12.2 Å². The van der Waals surface area contributed by atoms with Gasteiger partial charge in [0.05, 0.1) is 0 Å². The van der Waals surface area contributed by atoms with Gasteiger partial charge in [-0.15, -0.1) is 0 Å². The number of hydrogen-bond donors (Lipinski definition) is 2. The SMILES string of the molecule is CC1CCN(c2cc(N3CCCC3)nc(NC(=S)NC(C)C)n2)CC1. The molecule has 0 radical (unpaired) electrons. The first-order chi connectivity index (χ1) is 12.0. The van der Waals surface area contributed by atoms with Crippen LogP contribution in [0.1, 0.15) is 46.5 Å². The third kappa shape index (κ3) is 4.93. The van der Waals surface area contributed by atoms with Gasteiger partial charge in [0.2, 0.25) is 5.95 Å². The second-order valence-corrected chi connectivity index (χ2v) is 7.93. The van der Waals surface area contributed by atoms with Gasteiger partial charge < -0.3 is 20.4 Å². The summed E-state index contributed by atoms with van der Waals surface area (Å²) in [5.74, 6) is 3.42. The van der Waals surface area contributed by atoms with Crippen LogP contribution < -0.4 is 20.4 Å². The van der Waals surface area contributed by atoms with Crippen molar-refractivity contribution in [2.45, 2.75) is 52.5 Å². The van der Waals surface area contributed by atoms with Gasteiger partial charge in [-0.2, -0.15) is 9.97 Å². The van der Waals surface area contributed by atoms with Crippen molar-refractivity contribution in [3.63, 3.8) is 0 Å². The molecule has 2 aliphatic heterocycles. The number of aromatic nitrogens is 2. The van der Waals surface area contributed by atoms with Crippen molar-refractivity contribution in [3.05, 3.63) is 6.07 Å². The Hall–Kier alpha value is -1.63. The molecule has 0 spiro atoms. The maximum atomic E-state index is 5.38. The number of nitrogens with one attached hydrogen (secondary N) is 2. The minimum Gasteiger partial charge on any atom is -0.360 e. The third-order valence-electron chi connectivity index (χ3n) is 4.88. The summed E-state index contributed by atoms with van der Waals surface area (Å²) in [6.45, 7) is 10.7. The van der Waals surface area contributed by atoms with Gasteiger partial charge in [-0.05, 0) is 57.7 Å². The first-order valence-electron chi connectivity index (χ1n) is 9.48. The predicted molar refractivity (Wildman–Crippen MR) is 109 cm³/mol. The number of hydrogen-bond acceptors (Lipinski definition) is 5. The van der Waals surface area contributed by atoms with E-state index in [-0.39, 0.29) is 6.04 Å². The summed E-state index contributed by atoms with van der Waals surface area (Å²) < 4.78 is 0. The predicted octanol–water partition coefficient (Wildman–Crippen LogP) is 3.01. The minimum absolute atomic E-state index is 0.282. The Morgan fingerprint density at radius 2 is 1.64 bits per heavy atom. The second-order valence-electron chi connectivity index (χ2n) is 7.52. The van der Waals surface area contributed by atoms with Crippen molar-refractivity contribution in [2.24, 2.45) is 5.92 Å². The average molecular weight is 363 g/mol. The highest BCUT2D eigenvalue weighted by Crippen LogP contribution is 2.27. The Labute approximate surface area is 156 Å². The van der Waals surface area contributed by atoms with E-state index in [1.807, 2.05) is 0 Å². The van der Waals surface area contributed by atoms with Crippen molar-refractivity contribution in [1.82, 2.24) is 15.3 Å². The maximum absolute atomic E-state index is 5.38. The highest BCUT2D eigenvalue weighted by atomic mass is 32.1. The fourth-order valence-electron chi connectivity index (χ4n) is 3.39. The molecule has 1 aromatic rings. The topological polar surface area (TPSA) is 56.3 Å². The fourth-order valence-corrected chi connectivity index (χ4v) is 3.71. The van der Waals surface area contributed by atoms with Gasteiger partial charge in [-0.1, -0.05) is 6.92 Å². The molecule has 2 aliphatic rings. The molecule has 0 unspecified atom stereocenters. The van der Waals surface area contributed by atoms with Gasteiger partial charge in [0.15, 0.2) is 5.11 Å². The Morgan fingerprint density at radius 1 is 1.08 bits per heavy atom. The van der Waals surface area contributed by atoms with Gasteiger partial charge in [0, 0.05) is 38.3 Å². The van der Waals surface area contributed by atoms with Crippen LogP contribution in [-0.4, -0.2) is 47.3 Å². The number of rotatable bonds is 4. The molecular weight excluding hydrogens is 332 g/mol. The van der Waals surface area contributed by atoms with E-state index >= 15 is 0 Å². The highest BCUT2D eigenvalue weighted by molar-refractivity contribution is 7.80. The minimum atomic E-state index is 0.282. The van der Waals surface area contributed by atoms with Gasteiger partial charge in [0.1, 0.15) is 11.6 Å². The molecule has 2 fully saturated rings. The first kappa shape index (κ1) is 18.2. The maximum Gasteiger partial charge on any atom is 0.232 e. The zero-order valence-corrected chi connectivity index (χ0v) is 16.4. The van der Waals surface area contributed by atoms with E-state index in [0.717, 1.165) is 43.7 Å². The highest BCUT2D eigenvalue weighted by Gasteiger charge is 2.21. The Kier molecular flexibility index (Phi) is 5.93. The molecule has 0 bridgehead atoms. The lowest BCUT2D eigenvalue weighted by atomic mass is 9.99. The van der Waals surface area contributed by atoms with Crippen LogP contribution in [0.4, 0.5) is 17.6 Å². The monoisotopic (exact) mass is 362 g/mol. The summed E-state index contributed by atoms with van der Waals surface area (Å²) in [7, 11) is 0. The van der Waals surface area contributed by atoms with Crippen LogP contribution in [-0.2, 0) is 0 Å². The van der Waals surface area contributed by atoms with Crippen molar-refractivity contribution >= 4 is 34.9 Å². The molecule has 7 heteroatoms. The summed E-state index contributed by atoms with van der Waals surface area (Å²) in [5, 5.41) is 6.94. The van der Waals surface area contributed by atoms with Crippen LogP contribution in [0.25, 0.3) is 0 Å². The summed E-state index contributed by atoms with van der Waals surface area (Å²) in [5.41, 5.74) is 0. The number of piperidine rings is 1. The van der Waals surface area contributed by atoms with E-state index in [2.05, 4.69) is 47.3 Å². The van der Waals surface area contributed by atoms with E-state index in [1.54, 1.807) is 0 Å². The molecule has 6 nitrogen and oxygen atoms in total. The largest absolute Gasteiger partial charge is 0.360 e. The molecule has 0 amide bonds. The normalized spacial score (nSPS) is 18.7. The third-order valence-corrected chi connectivity index (χ3v) is 5.10. The van der Waals surface area contributed by atoms with E-state index < -0.39 is 0 Å². The molecule has 138 valence electrons. The van der Waals surface area contributed by atoms with Crippen molar-refractivity contribution < 1.29 is 0 Å². The molecule has 1 aromatic heterocycles. The smallest absolute Gasteiger partial charge is 0.232 e. The summed E-state index contributed by atoms with van der Waals surface area (Å²) in [6.07, 6.45) is 4.91. The second kappa shape index (κ2) is 8.17. The number of thiocarbonyl (C=S) groups is 1. The van der Waals surface area contributed by atoms with Crippen LogP contribution in [0.2, 0.25) is 0 Å². The Morgan fingerprint density at radius 3 is 2.20 bits per heavy atom. The number of nitrogens with zero attached hydrogens (tertiary/aromatic N) is 4. The van der Waals surface area contributed by atoms with E-state index in [0.29, 0.717) is 11.1 Å². The van der Waals surface area contributed by atoms with E-state index in [9.17, 15) is 0 Å². The Bertz CT molecular complexity index is 591. The lowest BCUT2D eigenvalue weighted by Gasteiger charge is -2.32. The first-order valence-corrected chi connectivity index (χ1v) is 9.88. The van der Waals surface area contributed by atoms with Crippen molar-refractivity contribution in [2.75, 3.05) is 41.3 Å². The summed E-state index contributed by atoms with van der Waals surface area (Å²) in [4.78, 5) is 14.2. The molecule has 0 aromatic carbocycles. The van der Waals surface area contributed by atoms with Gasteiger partial charge in [-0.3, -0.25) is 0 Å². The average Bonchev–Trinajstić information content (AvgIpc) is 3.09. The molecule has 0 aliphatic carbocycles. The van der Waals surface area contributed by atoms with Crippen molar-refractivity contribution in [1.29, 1.82) is 0 Å². The van der Waals surface area contributed by atoms with Crippen LogP contribution in [0.15, 0.2) is 6.07 Å². The summed E-state index contributed by atoms with van der Waals surface area (Å²) >= 11 is 5.38. The molecule has 25 heavy (non-hydrogen) atoms. The zero-order valence-electron chi connectivity index (χ0n) is 15.6. The van der Waals surface area contributed by atoms with Crippen molar-refractivity contribution in [3.8, 4) is 0 Å². The van der Waals surface area contributed by atoms with Crippen LogP contribution in [0.3, 0.4) is 0 Å². The molecular formula is C18H30N6S. The van der Waals surface area contributed by atoms with Gasteiger partial charge in [0.25, 0.3) is 0 Å². The molecule has 2 N–H and O–H groups in total. The molecule has 3 heterocycles. The molecule has 0 saturated carbocycles. The molecule has 0 atom stereocenters. The van der Waals surface area contributed by atoms with Gasteiger partial charge in [-0.25, -0.2) is 0 Å². The standard InChI is InChI=1S/C18H30N6S/c1-13(2)19-18(25)22-17-20-15(23-8-4-5-9-23)12-16(21-17)24-10-6-14(3)7-11-24/h12-14H,4-11H2,1-3H3,(H2,19,20,21,22,25). The van der Waals surface area contributed by atoms with Crippen LogP contribution in [0, 0.1) is 5.92 Å². The molecule has 2 saturated heterocycles. The molecule has 3 rings (SSSR count). The Balaban J connectivity index is 1.81. The lowest BCUT2D eigenvalue weighted by molar-refractivity contribution is 0.436. The van der Waals surface area contributed by atoms with E-state index in [1.165, 1.54) is 25.7 Å². The fraction of sp³-hybridized carbons (Fsp3) is 0.722. The summed E-state index contributed by atoms with van der Waals surface area (Å²) in [6, 6.07) is 2.43. The van der Waals surface area contributed by atoms with E-state index in [4.69, 9.17) is 22.2 Å². The lowest BCUT2D eigenvalue weighted by Crippen LogP contribution is -2.36. The van der Waals surface area contributed by atoms with Gasteiger partial charge >= 0.3 is 0 Å². The van der Waals surface area contributed by atoms with Crippen LogP contribution in [0.5, 0.6) is 0 Å².